The second-order valence-corrected chi connectivity index (χ2v) is 6.59. The SMILES string of the molecule is O=C(c1ccccc1)N(Cc1cccnc1)c1nc2ccccc2s1. The van der Waals surface area contributed by atoms with Crippen molar-refractivity contribution < 1.29 is 4.79 Å². The van der Waals surface area contributed by atoms with Crippen LogP contribution in [0.4, 0.5) is 5.13 Å². The van der Waals surface area contributed by atoms with Crippen LogP contribution >= 0.6 is 11.3 Å². The Balaban J connectivity index is 1.76. The van der Waals surface area contributed by atoms with Gasteiger partial charge < -0.3 is 0 Å². The van der Waals surface area contributed by atoms with Crippen molar-refractivity contribution in [2.45, 2.75) is 6.54 Å². The molecule has 0 saturated heterocycles. The third kappa shape index (κ3) is 3.27. The van der Waals surface area contributed by atoms with E-state index in [1.807, 2.05) is 66.7 Å². The molecule has 0 atom stereocenters. The lowest BCUT2D eigenvalue weighted by molar-refractivity contribution is 0.0985. The lowest BCUT2D eigenvalue weighted by Crippen LogP contribution is -2.30. The second-order valence-electron chi connectivity index (χ2n) is 5.58. The lowest BCUT2D eigenvalue weighted by atomic mass is 10.2. The summed E-state index contributed by atoms with van der Waals surface area (Å²) in [7, 11) is 0. The Bertz CT molecular complexity index is 966. The average Bonchev–Trinajstić information content (AvgIpc) is 3.11. The van der Waals surface area contributed by atoms with Gasteiger partial charge in [-0.15, -0.1) is 0 Å². The smallest absolute Gasteiger partial charge is 0.260 e. The summed E-state index contributed by atoms with van der Waals surface area (Å²) < 4.78 is 1.06. The molecule has 0 aliphatic carbocycles. The summed E-state index contributed by atoms with van der Waals surface area (Å²) in [5.41, 5.74) is 2.51. The van der Waals surface area contributed by atoms with E-state index in [9.17, 15) is 4.79 Å². The van der Waals surface area contributed by atoms with Crippen LogP contribution in [-0.4, -0.2) is 15.9 Å². The molecule has 0 radical (unpaired) electrons. The molecule has 5 heteroatoms. The fourth-order valence-corrected chi connectivity index (χ4v) is 3.58. The normalized spacial score (nSPS) is 10.7. The van der Waals surface area contributed by atoms with E-state index in [0.29, 0.717) is 17.2 Å². The van der Waals surface area contributed by atoms with E-state index < -0.39 is 0 Å². The first kappa shape index (κ1) is 15.5. The molecule has 4 nitrogen and oxygen atoms in total. The predicted molar refractivity (Wildman–Crippen MR) is 101 cm³/mol. The van der Waals surface area contributed by atoms with Crippen molar-refractivity contribution in [2.75, 3.05) is 4.90 Å². The van der Waals surface area contributed by atoms with Gasteiger partial charge in [0.1, 0.15) is 0 Å². The number of carbonyl (C=O) groups is 1. The fraction of sp³-hybridized carbons (Fsp3) is 0.0500. The third-order valence-corrected chi connectivity index (χ3v) is 4.90. The topological polar surface area (TPSA) is 46.1 Å². The minimum absolute atomic E-state index is 0.0662. The molecule has 25 heavy (non-hydrogen) atoms. The Hall–Kier alpha value is -3.05. The van der Waals surface area contributed by atoms with Crippen molar-refractivity contribution >= 4 is 32.6 Å². The van der Waals surface area contributed by atoms with E-state index in [1.54, 1.807) is 17.3 Å². The van der Waals surface area contributed by atoms with Crippen molar-refractivity contribution in [3.05, 3.63) is 90.3 Å². The van der Waals surface area contributed by atoms with Gasteiger partial charge in [-0.25, -0.2) is 4.98 Å². The molecule has 0 fully saturated rings. The number of pyridine rings is 1. The Kier molecular flexibility index (Phi) is 4.23. The Morgan fingerprint density at radius 2 is 1.76 bits per heavy atom. The van der Waals surface area contributed by atoms with Gasteiger partial charge in [0.25, 0.3) is 5.91 Å². The molecule has 1 amide bonds. The molecular formula is C20H15N3OS. The van der Waals surface area contributed by atoms with Crippen LogP contribution in [-0.2, 0) is 6.54 Å². The summed E-state index contributed by atoms with van der Waals surface area (Å²) >= 11 is 1.52. The molecule has 4 rings (SSSR count). The first-order chi connectivity index (χ1) is 12.3. The van der Waals surface area contributed by atoms with Crippen LogP contribution in [0.3, 0.4) is 0 Å². The zero-order chi connectivity index (χ0) is 17.1. The van der Waals surface area contributed by atoms with E-state index in [2.05, 4.69) is 9.97 Å². The number of rotatable bonds is 4. The minimum atomic E-state index is -0.0662. The van der Waals surface area contributed by atoms with Crippen molar-refractivity contribution in [3.8, 4) is 0 Å². The molecule has 0 bridgehead atoms. The van der Waals surface area contributed by atoms with Crippen LogP contribution < -0.4 is 4.90 Å². The zero-order valence-corrected chi connectivity index (χ0v) is 14.2. The number of fused-ring (bicyclic) bond motifs is 1. The fourth-order valence-electron chi connectivity index (χ4n) is 2.61. The van der Waals surface area contributed by atoms with Crippen LogP contribution in [0.25, 0.3) is 10.2 Å². The number of aromatic nitrogens is 2. The Morgan fingerprint density at radius 3 is 2.52 bits per heavy atom. The molecule has 0 aliphatic heterocycles. The molecule has 2 aromatic carbocycles. The number of anilines is 1. The van der Waals surface area contributed by atoms with Crippen molar-refractivity contribution in [1.82, 2.24) is 9.97 Å². The van der Waals surface area contributed by atoms with Crippen LogP contribution in [0.5, 0.6) is 0 Å². The maximum atomic E-state index is 13.1. The summed E-state index contributed by atoms with van der Waals surface area (Å²) in [4.78, 5) is 23.6. The zero-order valence-electron chi connectivity index (χ0n) is 13.4. The molecule has 4 aromatic rings. The molecule has 0 saturated carbocycles. The lowest BCUT2D eigenvalue weighted by Gasteiger charge is -2.20. The maximum Gasteiger partial charge on any atom is 0.260 e. The van der Waals surface area contributed by atoms with Gasteiger partial charge in [-0.3, -0.25) is 14.7 Å². The maximum absolute atomic E-state index is 13.1. The second kappa shape index (κ2) is 6.83. The number of carbonyl (C=O) groups excluding carboxylic acids is 1. The van der Waals surface area contributed by atoms with Crippen molar-refractivity contribution in [1.29, 1.82) is 0 Å². The van der Waals surface area contributed by atoms with Gasteiger partial charge in [0.15, 0.2) is 5.13 Å². The first-order valence-corrected chi connectivity index (χ1v) is 8.74. The number of thiazole rings is 1. The number of hydrogen-bond donors (Lipinski definition) is 0. The Morgan fingerprint density at radius 1 is 0.960 bits per heavy atom. The van der Waals surface area contributed by atoms with Crippen molar-refractivity contribution in [3.63, 3.8) is 0 Å². The summed E-state index contributed by atoms with van der Waals surface area (Å²) in [6, 6.07) is 21.0. The van der Waals surface area contributed by atoms with Gasteiger partial charge in [-0.1, -0.05) is 47.7 Å². The molecule has 0 spiro atoms. The number of para-hydroxylation sites is 1. The van der Waals surface area contributed by atoms with Crippen LogP contribution in [0.15, 0.2) is 79.1 Å². The predicted octanol–water partition coefficient (Wildman–Crippen LogP) is 4.54. The van der Waals surface area contributed by atoms with Crippen LogP contribution in [0.1, 0.15) is 15.9 Å². The van der Waals surface area contributed by atoms with Gasteiger partial charge in [-0.2, -0.15) is 0 Å². The quantitative estimate of drug-likeness (QED) is 0.545. The van der Waals surface area contributed by atoms with Crippen LogP contribution in [0, 0.1) is 0 Å². The van der Waals surface area contributed by atoms with Gasteiger partial charge in [-0.05, 0) is 35.9 Å². The van der Waals surface area contributed by atoms with Crippen LogP contribution in [0.2, 0.25) is 0 Å². The number of nitrogens with zero attached hydrogens (tertiary/aromatic N) is 3. The summed E-state index contributed by atoms with van der Waals surface area (Å²) in [6.07, 6.45) is 3.50. The van der Waals surface area contributed by atoms with Gasteiger partial charge in [0, 0.05) is 18.0 Å². The largest absolute Gasteiger partial charge is 0.279 e. The molecule has 0 N–H and O–H groups in total. The van der Waals surface area contributed by atoms with E-state index in [4.69, 9.17) is 0 Å². The average molecular weight is 345 g/mol. The van der Waals surface area contributed by atoms with Crippen molar-refractivity contribution in [2.24, 2.45) is 0 Å². The van der Waals surface area contributed by atoms with E-state index in [-0.39, 0.29) is 5.91 Å². The molecule has 2 heterocycles. The highest BCUT2D eigenvalue weighted by atomic mass is 32.1. The van der Waals surface area contributed by atoms with E-state index in [0.717, 1.165) is 15.8 Å². The number of benzene rings is 2. The molecule has 0 unspecified atom stereocenters. The van der Waals surface area contributed by atoms with E-state index >= 15 is 0 Å². The highest BCUT2D eigenvalue weighted by molar-refractivity contribution is 7.22. The molecule has 0 aliphatic rings. The number of hydrogen-bond acceptors (Lipinski definition) is 4. The molecule has 122 valence electrons. The first-order valence-electron chi connectivity index (χ1n) is 7.93. The van der Waals surface area contributed by atoms with E-state index in [1.165, 1.54) is 11.3 Å². The standard InChI is InChI=1S/C20H15N3OS/c24-19(16-8-2-1-3-9-16)23(14-15-7-6-12-21-13-15)20-22-17-10-4-5-11-18(17)25-20/h1-13H,14H2. The van der Waals surface area contributed by atoms with Gasteiger partial charge in [0.2, 0.25) is 0 Å². The monoisotopic (exact) mass is 345 g/mol. The minimum Gasteiger partial charge on any atom is -0.279 e. The summed E-state index contributed by atoms with van der Waals surface area (Å²) in [5.74, 6) is -0.0662. The third-order valence-electron chi connectivity index (χ3n) is 3.84. The number of amides is 1. The highest BCUT2D eigenvalue weighted by Crippen LogP contribution is 2.30. The van der Waals surface area contributed by atoms with Gasteiger partial charge >= 0.3 is 0 Å². The summed E-state index contributed by atoms with van der Waals surface area (Å²) in [5, 5.41) is 0.693. The Labute approximate surface area is 149 Å². The summed E-state index contributed by atoms with van der Waals surface area (Å²) in [6.45, 7) is 0.432. The highest BCUT2D eigenvalue weighted by Gasteiger charge is 2.21. The molecule has 2 aromatic heterocycles. The molecular weight excluding hydrogens is 330 g/mol. The van der Waals surface area contributed by atoms with Gasteiger partial charge in [0.05, 0.1) is 16.8 Å².